The molecule has 0 saturated heterocycles. The second kappa shape index (κ2) is 6.80. The molecular formula is C16H25N3O2. The number of aliphatic hydroxyl groups excluding tert-OH is 1. The molecule has 0 atom stereocenters. The largest absolute Gasteiger partial charge is 0.397 e. The fourth-order valence-electron chi connectivity index (χ4n) is 2.72. The van der Waals surface area contributed by atoms with Crippen molar-refractivity contribution < 1.29 is 9.90 Å². The van der Waals surface area contributed by atoms with E-state index in [1.165, 1.54) is 4.90 Å². The van der Waals surface area contributed by atoms with Gasteiger partial charge in [0, 0.05) is 26.2 Å². The van der Waals surface area contributed by atoms with Crippen LogP contribution in [0.2, 0.25) is 0 Å². The molecule has 4 N–H and O–H groups in total. The van der Waals surface area contributed by atoms with E-state index in [1.54, 1.807) is 26.2 Å². The Morgan fingerprint density at radius 2 is 2.00 bits per heavy atom. The number of carbonyl (C=O) groups excluding carboxylic acids is 1. The highest BCUT2D eigenvalue weighted by Crippen LogP contribution is 2.26. The zero-order chi connectivity index (χ0) is 15.4. The quantitative estimate of drug-likeness (QED) is 0.741. The number of nitrogens with zero attached hydrogens (tertiary/aromatic N) is 1. The van der Waals surface area contributed by atoms with Crippen molar-refractivity contribution in [1.29, 1.82) is 0 Å². The van der Waals surface area contributed by atoms with Crippen LogP contribution < -0.4 is 11.1 Å². The number of carbonyl (C=O) groups is 1. The third kappa shape index (κ3) is 4.11. The topological polar surface area (TPSA) is 78.6 Å². The first-order valence-corrected chi connectivity index (χ1v) is 7.50. The highest BCUT2D eigenvalue weighted by Gasteiger charge is 2.19. The average Bonchev–Trinajstić information content (AvgIpc) is 2.46. The summed E-state index contributed by atoms with van der Waals surface area (Å²) in [7, 11) is 3.45. The summed E-state index contributed by atoms with van der Waals surface area (Å²) in [6.07, 6.45) is 3.75. The molecule has 1 saturated carbocycles. The van der Waals surface area contributed by atoms with Gasteiger partial charge in [-0.25, -0.2) is 0 Å². The van der Waals surface area contributed by atoms with Crippen molar-refractivity contribution in [2.45, 2.75) is 31.8 Å². The first-order valence-electron chi connectivity index (χ1n) is 7.50. The zero-order valence-corrected chi connectivity index (χ0v) is 12.8. The van der Waals surface area contributed by atoms with Crippen molar-refractivity contribution in [2.24, 2.45) is 5.92 Å². The second-order valence-corrected chi connectivity index (χ2v) is 6.06. The number of rotatable bonds is 4. The molecule has 0 spiro atoms. The van der Waals surface area contributed by atoms with E-state index in [0.717, 1.165) is 37.9 Å². The van der Waals surface area contributed by atoms with Crippen LogP contribution in [0.5, 0.6) is 0 Å². The molecule has 1 aromatic carbocycles. The Labute approximate surface area is 126 Å². The number of nitrogens with one attached hydrogen (secondary N) is 1. The second-order valence-electron chi connectivity index (χ2n) is 6.06. The third-order valence-electron chi connectivity index (χ3n) is 4.10. The zero-order valence-electron chi connectivity index (χ0n) is 12.8. The molecule has 0 aliphatic heterocycles. The Kier molecular flexibility index (Phi) is 5.07. The molecule has 0 aromatic heterocycles. The van der Waals surface area contributed by atoms with Gasteiger partial charge in [-0.1, -0.05) is 0 Å². The van der Waals surface area contributed by atoms with E-state index in [-0.39, 0.29) is 12.0 Å². The van der Waals surface area contributed by atoms with Crippen LogP contribution in [-0.4, -0.2) is 42.7 Å². The molecule has 116 valence electrons. The summed E-state index contributed by atoms with van der Waals surface area (Å²) in [5, 5.41) is 12.9. The highest BCUT2D eigenvalue weighted by atomic mass is 16.3. The van der Waals surface area contributed by atoms with Crippen molar-refractivity contribution >= 4 is 17.3 Å². The van der Waals surface area contributed by atoms with Crippen molar-refractivity contribution in [1.82, 2.24) is 4.90 Å². The van der Waals surface area contributed by atoms with Gasteiger partial charge in [0.05, 0.1) is 17.5 Å². The van der Waals surface area contributed by atoms with Crippen LogP contribution in [-0.2, 0) is 0 Å². The predicted octanol–water partition coefficient (Wildman–Crippen LogP) is 1.93. The van der Waals surface area contributed by atoms with Gasteiger partial charge in [-0.15, -0.1) is 0 Å². The van der Waals surface area contributed by atoms with Gasteiger partial charge in [0.25, 0.3) is 5.91 Å². The number of hydrogen-bond acceptors (Lipinski definition) is 4. The van der Waals surface area contributed by atoms with Crippen LogP contribution in [0, 0.1) is 5.92 Å². The maximum Gasteiger partial charge on any atom is 0.253 e. The summed E-state index contributed by atoms with van der Waals surface area (Å²) in [5.74, 6) is 0.533. The lowest BCUT2D eigenvalue weighted by Crippen LogP contribution is -2.24. The number of benzene rings is 1. The summed E-state index contributed by atoms with van der Waals surface area (Å²) in [5.41, 5.74) is 8.09. The molecule has 1 aliphatic carbocycles. The van der Waals surface area contributed by atoms with Gasteiger partial charge in [-0.3, -0.25) is 4.79 Å². The summed E-state index contributed by atoms with van der Waals surface area (Å²) >= 11 is 0. The fraction of sp³-hybridized carbons (Fsp3) is 0.562. The number of hydrogen-bond donors (Lipinski definition) is 3. The summed E-state index contributed by atoms with van der Waals surface area (Å²) < 4.78 is 0. The average molecular weight is 291 g/mol. The molecule has 0 bridgehead atoms. The third-order valence-corrected chi connectivity index (χ3v) is 4.10. The Morgan fingerprint density at radius 3 is 2.57 bits per heavy atom. The van der Waals surface area contributed by atoms with E-state index in [9.17, 15) is 9.90 Å². The smallest absolute Gasteiger partial charge is 0.253 e. The van der Waals surface area contributed by atoms with Gasteiger partial charge in [0.1, 0.15) is 0 Å². The first kappa shape index (κ1) is 15.6. The molecule has 0 unspecified atom stereocenters. The molecule has 0 radical (unpaired) electrons. The molecule has 5 heteroatoms. The van der Waals surface area contributed by atoms with Crippen molar-refractivity contribution in [3.8, 4) is 0 Å². The van der Waals surface area contributed by atoms with Crippen molar-refractivity contribution in [2.75, 3.05) is 31.7 Å². The Balaban J connectivity index is 1.93. The number of nitrogen functional groups attached to an aromatic ring is 1. The van der Waals surface area contributed by atoms with Gasteiger partial charge in [0.2, 0.25) is 0 Å². The van der Waals surface area contributed by atoms with E-state index in [1.807, 2.05) is 6.07 Å². The van der Waals surface area contributed by atoms with Crippen LogP contribution in [0.15, 0.2) is 18.2 Å². The van der Waals surface area contributed by atoms with E-state index in [4.69, 9.17) is 5.73 Å². The molecule has 5 nitrogen and oxygen atoms in total. The lowest BCUT2D eigenvalue weighted by Gasteiger charge is -2.26. The van der Waals surface area contributed by atoms with Crippen LogP contribution in [0.3, 0.4) is 0 Å². The van der Waals surface area contributed by atoms with E-state index >= 15 is 0 Å². The molecule has 1 aliphatic rings. The van der Waals surface area contributed by atoms with Crippen molar-refractivity contribution in [3.05, 3.63) is 23.8 Å². The summed E-state index contributed by atoms with van der Waals surface area (Å²) in [4.78, 5) is 13.4. The van der Waals surface area contributed by atoms with Crippen LogP contribution in [0.4, 0.5) is 11.4 Å². The molecule has 0 heterocycles. The standard InChI is InChI=1S/C16H25N3O2/c1-19(2)16(21)12-5-8-15(14(17)9-12)18-10-11-3-6-13(20)7-4-11/h5,8-9,11,13,18,20H,3-4,6-7,10,17H2,1-2H3. The van der Waals surface area contributed by atoms with Gasteiger partial charge in [-0.2, -0.15) is 0 Å². The summed E-state index contributed by atoms with van der Waals surface area (Å²) in [6.45, 7) is 0.859. The molecule has 1 fully saturated rings. The minimum absolute atomic E-state index is 0.0467. The number of nitrogens with two attached hydrogens (primary N) is 1. The Hall–Kier alpha value is -1.75. The van der Waals surface area contributed by atoms with Gasteiger partial charge >= 0.3 is 0 Å². The molecule has 1 aromatic rings. The fourth-order valence-corrected chi connectivity index (χ4v) is 2.72. The summed E-state index contributed by atoms with van der Waals surface area (Å²) in [6, 6.07) is 5.38. The number of anilines is 2. The molecule has 21 heavy (non-hydrogen) atoms. The van der Waals surface area contributed by atoms with Gasteiger partial charge in [0.15, 0.2) is 0 Å². The van der Waals surface area contributed by atoms with Crippen LogP contribution in [0.25, 0.3) is 0 Å². The lowest BCUT2D eigenvalue weighted by atomic mass is 9.87. The number of amides is 1. The van der Waals surface area contributed by atoms with E-state index < -0.39 is 0 Å². The highest BCUT2D eigenvalue weighted by molar-refractivity contribution is 5.95. The van der Waals surface area contributed by atoms with Crippen LogP contribution in [0.1, 0.15) is 36.0 Å². The molecular weight excluding hydrogens is 266 g/mol. The SMILES string of the molecule is CN(C)C(=O)c1ccc(NCC2CCC(O)CC2)c(N)c1. The maximum atomic E-state index is 11.9. The normalized spacial score (nSPS) is 21.9. The minimum Gasteiger partial charge on any atom is -0.397 e. The Bertz CT molecular complexity index is 494. The van der Waals surface area contributed by atoms with E-state index in [0.29, 0.717) is 17.2 Å². The lowest BCUT2D eigenvalue weighted by molar-refractivity contribution is 0.0827. The predicted molar refractivity (Wildman–Crippen MR) is 85.3 cm³/mol. The maximum absolute atomic E-state index is 11.9. The Morgan fingerprint density at radius 1 is 1.33 bits per heavy atom. The molecule has 2 rings (SSSR count). The number of aliphatic hydroxyl groups is 1. The van der Waals surface area contributed by atoms with Crippen LogP contribution >= 0.6 is 0 Å². The molecule has 1 amide bonds. The van der Waals surface area contributed by atoms with Gasteiger partial charge in [-0.05, 0) is 49.8 Å². The monoisotopic (exact) mass is 291 g/mol. The first-order chi connectivity index (χ1) is 9.97. The minimum atomic E-state index is -0.123. The van der Waals surface area contributed by atoms with E-state index in [2.05, 4.69) is 5.32 Å². The van der Waals surface area contributed by atoms with Crippen molar-refractivity contribution in [3.63, 3.8) is 0 Å². The van der Waals surface area contributed by atoms with Gasteiger partial charge < -0.3 is 21.1 Å².